The second-order valence-corrected chi connectivity index (χ2v) is 4.62. The molecule has 1 fully saturated rings. The Morgan fingerprint density at radius 2 is 2.20 bits per heavy atom. The van der Waals surface area contributed by atoms with Crippen molar-refractivity contribution in [3.8, 4) is 0 Å². The molecular formula is C9H15F3N2S. The Hall–Kier alpha value is -0.360. The summed E-state index contributed by atoms with van der Waals surface area (Å²) in [6, 6.07) is 0. The van der Waals surface area contributed by atoms with Crippen LogP contribution >= 0.6 is 12.2 Å². The largest absolute Gasteiger partial charge is 0.399 e. The summed E-state index contributed by atoms with van der Waals surface area (Å²) in [5.74, 6) is -1.21. The summed E-state index contributed by atoms with van der Waals surface area (Å²) in [5, 5.41) is 0. The van der Waals surface area contributed by atoms with Gasteiger partial charge in [-0.2, -0.15) is 13.2 Å². The van der Waals surface area contributed by atoms with Crippen LogP contribution in [0.3, 0.4) is 0 Å². The first kappa shape index (κ1) is 12.7. The number of nitrogens with two attached hydrogens (primary N) is 1. The summed E-state index contributed by atoms with van der Waals surface area (Å²) >= 11 is 4.46. The van der Waals surface area contributed by atoms with E-state index in [0.717, 1.165) is 6.42 Å². The van der Waals surface area contributed by atoms with Gasteiger partial charge in [-0.25, -0.2) is 0 Å². The topological polar surface area (TPSA) is 29.3 Å². The Labute approximate surface area is 92.6 Å². The summed E-state index contributed by atoms with van der Waals surface area (Å²) in [4.78, 5) is 1.32. The molecule has 15 heavy (non-hydrogen) atoms. The standard InChI is InChI=1S/C9H15F3N2S/c1-6-2-3-14(4-6)5-7(8(13)15)9(10,11)12/h6-7H,2-5H2,1H3,(H2,13,15). The molecule has 88 valence electrons. The third-order valence-corrected chi connectivity index (χ3v) is 2.97. The molecule has 0 bridgehead atoms. The van der Waals surface area contributed by atoms with Gasteiger partial charge < -0.3 is 10.6 Å². The number of thiocarbonyl (C=S) groups is 1. The van der Waals surface area contributed by atoms with Crippen molar-refractivity contribution in [3.05, 3.63) is 0 Å². The van der Waals surface area contributed by atoms with Crippen LogP contribution in [0, 0.1) is 11.8 Å². The molecule has 0 spiro atoms. The van der Waals surface area contributed by atoms with E-state index in [2.05, 4.69) is 12.2 Å². The third kappa shape index (κ3) is 3.61. The van der Waals surface area contributed by atoms with Crippen LogP contribution < -0.4 is 5.73 Å². The normalized spacial score (nSPS) is 25.5. The van der Waals surface area contributed by atoms with E-state index in [0.29, 0.717) is 19.0 Å². The zero-order valence-corrected chi connectivity index (χ0v) is 9.37. The second-order valence-electron chi connectivity index (χ2n) is 4.15. The van der Waals surface area contributed by atoms with Crippen molar-refractivity contribution in [3.63, 3.8) is 0 Å². The van der Waals surface area contributed by atoms with Crippen molar-refractivity contribution >= 4 is 17.2 Å². The van der Waals surface area contributed by atoms with Gasteiger partial charge in [0.25, 0.3) is 0 Å². The van der Waals surface area contributed by atoms with Crippen LogP contribution in [0.5, 0.6) is 0 Å². The van der Waals surface area contributed by atoms with Gasteiger partial charge >= 0.3 is 6.18 Å². The first-order chi connectivity index (χ1) is 6.80. The molecule has 0 aromatic carbocycles. The van der Waals surface area contributed by atoms with Gasteiger partial charge in [-0.05, 0) is 18.9 Å². The highest BCUT2D eigenvalue weighted by Gasteiger charge is 2.43. The number of halogens is 3. The number of rotatable bonds is 3. The van der Waals surface area contributed by atoms with E-state index >= 15 is 0 Å². The Balaban J connectivity index is 2.56. The monoisotopic (exact) mass is 240 g/mol. The minimum absolute atomic E-state index is 0.0941. The van der Waals surface area contributed by atoms with Gasteiger partial charge in [0.2, 0.25) is 0 Å². The number of nitrogens with zero attached hydrogens (tertiary/aromatic N) is 1. The van der Waals surface area contributed by atoms with E-state index in [1.54, 1.807) is 4.90 Å². The van der Waals surface area contributed by atoms with Crippen molar-refractivity contribution in [1.82, 2.24) is 4.90 Å². The average Bonchev–Trinajstić information content (AvgIpc) is 2.44. The predicted octanol–water partition coefficient (Wildman–Crippen LogP) is 1.79. The fourth-order valence-electron chi connectivity index (χ4n) is 1.81. The second kappa shape index (κ2) is 4.65. The van der Waals surface area contributed by atoms with Crippen LogP contribution in [0.2, 0.25) is 0 Å². The van der Waals surface area contributed by atoms with Crippen molar-refractivity contribution < 1.29 is 13.2 Å². The molecule has 0 aromatic heterocycles. The molecule has 0 amide bonds. The fraction of sp³-hybridized carbons (Fsp3) is 0.889. The number of hydrogen-bond acceptors (Lipinski definition) is 2. The average molecular weight is 240 g/mol. The molecule has 0 radical (unpaired) electrons. The van der Waals surface area contributed by atoms with Gasteiger partial charge in [0.15, 0.2) is 0 Å². The third-order valence-electron chi connectivity index (χ3n) is 2.69. The maximum Gasteiger partial charge on any atom is 0.399 e. The molecular weight excluding hydrogens is 225 g/mol. The number of likely N-dealkylation sites (tertiary alicyclic amines) is 1. The first-order valence-corrected chi connectivity index (χ1v) is 5.30. The number of hydrogen-bond donors (Lipinski definition) is 1. The summed E-state index contributed by atoms with van der Waals surface area (Å²) in [7, 11) is 0. The maximum atomic E-state index is 12.5. The molecule has 2 unspecified atom stereocenters. The molecule has 1 heterocycles. The van der Waals surface area contributed by atoms with Crippen LogP contribution in [-0.4, -0.2) is 35.7 Å². The zero-order chi connectivity index (χ0) is 11.6. The molecule has 2 nitrogen and oxygen atoms in total. The minimum Gasteiger partial charge on any atom is -0.393 e. The Morgan fingerprint density at radius 3 is 2.53 bits per heavy atom. The molecule has 0 saturated carbocycles. The molecule has 1 aliphatic rings. The molecule has 0 aliphatic carbocycles. The molecule has 1 rings (SSSR count). The van der Waals surface area contributed by atoms with Crippen LogP contribution in [0.15, 0.2) is 0 Å². The van der Waals surface area contributed by atoms with Crippen molar-refractivity contribution in [2.45, 2.75) is 19.5 Å². The van der Waals surface area contributed by atoms with E-state index in [1.807, 2.05) is 6.92 Å². The lowest BCUT2D eigenvalue weighted by molar-refractivity contribution is -0.158. The summed E-state index contributed by atoms with van der Waals surface area (Å²) < 4.78 is 37.6. The van der Waals surface area contributed by atoms with Gasteiger partial charge in [-0.15, -0.1) is 0 Å². The zero-order valence-electron chi connectivity index (χ0n) is 8.55. The highest BCUT2D eigenvalue weighted by Crippen LogP contribution is 2.28. The fourth-order valence-corrected chi connectivity index (χ4v) is 2.01. The molecule has 6 heteroatoms. The van der Waals surface area contributed by atoms with Crippen LogP contribution in [0.4, 0.5) is 13.2 Å². The Bertz CT molecular complexity index is 242. The molecule has 1 aliphatic heterocycles. The van der Waals surface area contributed by atoms with E-state index in [1.165, 1.54) is 0 Å². The lowest BCUT2D eigenvalue weighted by Crippen LogP contribution is -2.42. The quantitative estimate of drug-likeness (QED) is 0.763. The van der Waals surface area contributed by atoms with Crippen LogP contribution in [-0.2, 0) is 0 Å². The molecule has 2 N–H and O–H groups in total. The van der Waals surface area contributed by atoms with Crippen molar-refractivity contribution in [2.75, 3.05) is 19.6 Å². The van der Waals surface area contributed by atoms with Crippen LogP contribution in [0.1, 0.15) is 13.3 Å². The first-order valence-electron chi connectivity index (χ1n) is 4.89. The van der Waals surface area contributed by atoms with E-state index < -0.39 is 17.1 Å². The van der Waals surface area contributed by atoms with E-state index in [-0.39, 0.29) is 6.54 Å². The van der Waals surface area contributed by atoms with Gasteiger partial charge in [0.1, 0.15) is 5.92 Å². The van der Waals surface area contributed by atoms with Crippen molar-refractivity contribution in [2.24, 2.45) is 17.6 Å². The summed E-state index contributed by atoms with van der Waals surface area (Å²) in [6.45, 7) is 3.35. The van der Waals surface area contributed by atoms with Gasteiger partial charge in [0.05, 0.1) is 4.99 Å². The minimum atomic E-state index is -4.32. The lowest BCUT2D eigenvalue weighted by atomic mass is 10.1. The predicted molar refractivity (Wildman–Crippen MR) is 56.6 cm³/mol. The maximum absolute atomic E-state index is 12.5. The van der Waals surface area contributed by atoms with Crippen molar-refractivity contribution in [1.29, 1.82) is 0 Å². The van der Waals surface area contributed by atoms with Gasteiger partial charge in [0, 0.05) is 13.1 Å². The van der Waals surface area contributed by atoms with Crippen LogP contribution in [0.25, 0.3) is 0 Å². The Morgan fingerprint density at radius 1 is 1.60 bits per heavy atom. The summed E-state index contributed by atoms with van der Waals surface area (Å²) in [6.07, 6.45) is -3.38. The van der Waals surface area contributed by atoms with Gasteiger partial charge in [-0.1, -0.05) is 19.1 Å². The molecule has 0 aromatic rings. The smallest absolute Gasteiger partial charge is 0.393 e. The lowest BCUT2D eigenvalue weighted by Gasteiger charge is -2.24. The molecule has 1 saturated heterocycles. The van der Waals surface area contributed by atoms with Gasteiger partial charge in [-0.3, -0.25) is 0 Å². The number of alkyl halides is 3. The van der Waals surface area contributed by atoms with E-state index in [9.17, 15) is 13.2 Å². The summed E-state index contributed by atoms with van der Waals surface area (Å²) in [5.41, 5.74) is 5.12. The Kier molecular flexibility index (Phi) is 3.94. The highest BCUT2D eigenvalue weighted by molar-refractivity contribution is 7.80. The SMILES string of the molecule is CC1CCN(CC(C(N)=S)C(F)(F)F)C1. The van der Waals surface area contributed by atoms with E-state index in [4.69, 9.17) is 5.73 Å². The molecule has 2 atom stereocenters. The highest BCUT2D eigenvalue weighted by atomic mass is 32.1.